The molecule has 0 atom stereocenters. The van der Waals surface area contributed by atoms with Crippen LogP contribution in [0.15, 0.2) is 45.3 Å². The summed E-state index contributed by atoms with van der Waals surface area (Å²) >= 11 is 2.84. The second-order valence-corrected chi connectivity index (χ2v) is 9.74. The van der Waals surface area contributed by atoms with E-state index in [2.05, 4.69) is 4.74 Å². The van der Waals surface area contributed by atoms with E-state index in [0.717, 1.165) is 0 Å². The first-order valence-corrected chi connectivity index (χ1v) is 12.8. The van der Waals surface area contributed by atoms with Gasteiger partial charge in [-0.15, -0.1) is 0 Å². The molecular formula is C23H29N3O5S2. The Balaban J connectivity index is 1.68. The minimum atomic E-state index is -0.475. The number of aromatic nitrogens is 2. The van der Waals surface area contributed by atoms with E-state index in [1.807, 2.05) is 32.0 Å². The number of carbonyl (C=O) groups excluding carboxylic acids is 2. The van der Waals surface area contributed by atoms with Crippen molar-refractivity contribution in [2.45, 2.75) is 44.5 Å². The largest absolute Gasteiger partial charge is 0.466 e. The Morgan fingerprint density at radius 2 is 2.03 bits per heavy atom. The molecule has 0 unspecified atom stereocenters. The zero-order valence-electron chi connectivity index (χ0n) is 19.1. The third-order valence-electron chi connectivity index (χ3n) is 4.91. The highest BCUT2D eigenvalue weighted by atomic mass is 32.2. The highest BCUT2D eigenvalue weighted by Gasteiger charge is 2.27. The Kier molecular flexibility index (Phi) is 9.40. The summed E-state index contributed by atoms with van der Waals surface area (Å²) in [6.07, 6.45) is 2.90. The summed E-state index contributed by atoms with van der Waals surface area (Å²) in [4.78, 5) is 43.2. The molecule has 33 heavy (non-hydrogen) atoms. The van der Waals surface area contributed by atoms with Crippen molar-refractivity contribution in [3.63, 3.8) is 0 Å². The molecule has 1 amide bonds. The molecule has 1 aromatic heterocycles. The fourth-order valence-corrected chi connectivity index (χ4v) is 5.22. The molecular weight excluding hydrogens is 462 g/mol. The number of ether oxygens (including phenoxy) is 2. The van der Waals surface area contributed by atoms with Crippen LogP contribution in [0.3, 0.4) is 0 Å². The molecule has 1 aliphatic heterocycles. The molecule has 178 valence electrons. The van der Waals surface area contributed by atoms with Crippen molar-refractivity contribution < 1.29 is 19.1 Å². The summed E-state index contributed by atoms with van der Waals surface area (Å²) in [6, 6.07) is 7.36. The average Bonchev–Trinajstić information content (AvgIpc) is 3.14. The lowest BCUT2D eigenvalue weighted by Gasteiger charge is -2.17. The van der Waals surface area contributed by atoms with Crippen LogP contribution in [0.5, 0.6) is 0 Å². The van der Waals surface area contributed by atoms with Gasteiger partial charge in [-0.25, -0.2) is 9.78 Å². The summed E-state index contributed by atoms with van der Waals surface area (Å²) < 4.78 is 12.0. The molecule has 0 N–H and O–H groups in total. The van der Waals surface area contributed by atoms with Crippen LogP contribution < -0.4 is 5.56 Å². The number of carbonyl (C=O) groups is 2. The maximum absolute atomic E-state index is 13.1. The van der Waals surface area contributed by atoms with Gasteiger partial charge in [0.2, 0.25) is 5.91 Å². The van der Waals surface area contributed by atoms with E-state index in [-0.39, 0.29) is 17.6 Å². The molecule has 10 heteroatoms. The monoisotopic (exact) mass is 491 g/mol. The number of hydrogen-bond donors (Lipinski definition) is 0. The molecule has 0 radical (unpaired) electrons. The predicted octanol–water partition coefficient (Wildman–Crippen LogP) is 3.28. The van der Waals surface area contributed by atoms with Crippen molar-refractivity contribution in [2.24, 2.45) is 0 Å². The number of esters is 1. The molecule has 1 aliphatic rings. The van der Waals surface area contributed by atoms with Gasteiger partial charge in [-0.1, -0.05) is 35.7 Å². The first-order valence-electron chi connectivity index (χ1n) is 10.9. The van der Waals surface area contributed by atoms with Crippen molar-refractivity contribution >= 4 is 46.3 Å². The third-order valence-corrected chi connectivity index (χ3v) is 7.00. The minimum Gasteiger partial charge on any atom is -0.466 e. The van der Waals surface area contributed by atoms with Gasteiger partial charge < -0.3 is 14.4 Å². The van der Waals surface area contributed by atoms with Crippen LogP contribution in [0, 0.1) is 0 Å². The summed E-state index contributed by atoms with van der Waals surface area (Å²) in [7, 11) is 1.31. The van der Waals surface area contributed by atoms with E-state index in [4.69, 9.17) is 9.72 Å². The minimum absolute atomic E-state index is 0.0222. The Morgan fingerprint density at radius 3 is 2.79 bits per heavy atom. The molecule has 2 heterocycles. The van der Waals surface area contributed by atoms with Gasteiger partial charge in [-0.05, 0) is 38.8 Å². The van der Waals surface area contributed by atoms with Gasteiger partial charge in [0.05, 0.1) is 41.0 Å². The van der Waals surface area contributed by atoms with Gasteiger partial charge in [-0.3, -0.25) is 14.2 Å². The first-order chi connectivity index (χ1) is 15.9. The fourth-order valence-electron chi connectivity index (χ4n) is 3.31. The third kappa shape index (κ3) is 6.84. The van der Waals surface area contributed by atoms with Gasteiger partial charge in [0, 0.05) is 25.4 Å². The number of rotatable bonds is 11. The molecule has 8 nitrogen and oxygen atoms in total. The molecule has 1 fully saturated rings. The maximum Gasteiger partial charge on any atom is 0.333 e. The summed E-state index contributed by atoms with van der Waals surface area (Å²) in [6.45, 7) is 5.56. The van der Waals surface area contributed by atoms with Crippen molar-refractivity contribution in [1.82, 2.24) is 14.5 Å². The molecule has 0 bridgehead atoms. The lowest BCUT2D eigenvalue weighted by Crippen LogP contribution is -2.27. The number of fused-ring (bicyclic) bond motifs is 1. The van der Waals surface area contributed by atoms with Gasteiger partial charge in [0.1, 0.15) is 0 Å². The average molecular weight is 492 g/mol. The first kappa shape index (κ1) is 25.3. The Hall–Kier alpha value is -2.30. The molecule has 3 rings (SSSR count). The Bertz CT molecular complexity index is 1080. The van der Waals surface area contributed by atoms with Crippen LogP contribution in [0.1, 0.15) is 26.7 Å². The van der Waals surface area contributed by atoms with Gasteiger partial charge in [-0.2, -0.15) is 0 Å². The lowest BCUT2D eigenvalue weighted by atomic mass is 10.2. The predicted molar refractivity (Wildman–Crippen MR) is 131 cm³/mol. The lowest BCUT2D eigenvalue weighted by molar-refractivity contribution is -0.134. The molecule has 0 saturated carbocycles. The highest BCUT2D eigenvalue weighted by Crippen LogP contribution is 2.29. The molecule has 0 spiro atoms. The van der Waals surface area contributed by atoms with Crippen LogP contribution in [-0.2, 0) is 25.6 Å². The van der Waals surface area contributed by atoms with Crippen LogP contribution in [-0.4, -0.2) is 64.2 Å². The number of hydrogen-bond acceptors (Lipinski definition) is 8. The summed E-state index contributed by atoms with van der Waals surface area (Å²) in [5.74, 6) is 0.497. The zero-order valence-corrected chi connectivity index (χ0v) is 20.7. The smallest absolute Gasteiger partial charge is 0.333 e. The molecule has 1 aromatic carbocycles. The highest BCUT2D eigenvalue weighted by molar-refractivity contribution is 8.04. The second-order valence-electron chi connectivity index (χ2n) is 7.68. The standard InChI is InChI=1S/C23H29N3O5S2/c1-16(2)31-12-6-10-26-22(29)17-8-4-5-9-18(17)24-23(26)32-13-7-11-25-19(27)15-33-20(25)14-21(28)30-3/h4-5,8-9,14,16H,6-7,10-13,15H2,1-3H3/b20-14+. The summed E-state index contributed by atoms with van der Waals surface area (Å²) in [5.41, 5.74) is 0.621. The van der Waals surface area contributed by atoms with Crippen LogP contribution in [0.4, 0.5) is 0 Å². The number of amides is 1. The maximum atomic E-state index is 13.1. The number of benzene rings is 1. The van der Waals surface area contributed by atoms with E-state index < -0.39 is 5.97 Å². The van der Waals surface area contributed by atoms with E-state index in [0.29, 0.717) is 65.1 Å². The number of methoxy groups -OCH3 is 1. The fraction of sp³-hybridized carbons (Fsp3) is 0.478. The quantitative estimate of drug-likeness (QED) is 0.156. The van der Waals surface area contributed by atoms with Gasteiger partial charge in [0.25, 0.3) is 5.56 Å². The number of thioether (sulfide) groups is 2. The molecule has 1 saturated heterocycles. The van der Waals surface area contributed by atoms with Crippen molar-refractivity contribution in [3.05, 3.63) is 45.7 Å². The van der Waals surface area contributed by atoms with Crippen LogP contribution >= 0.6 is 23.5 Å². The van der Waals surface area contributed by atoms with Gasteiger partial charge in [0.15, 0.2) is 5.16 Å². The normalized spacial score (nSPS) is 15.2. The summed E-state index contributed by atoms with van der Waals surface area (Å²) in [5, 5.41) is 1.88. The van der Waals surface area contributed by atoms with E-state index in [1.54, 1.807) is 15.5 Å². The van der Waals surface area contributed by atoms with Crippen molar-refractivity contribution in [2.75, 3.05) is 31.8 Å². The van der Waals surface area contributed by atoms with Crippen molar-refractivity contribution in [1.29, 1.82) is 0 Å². The van der Waals surface area contributed by atoms with Crippen molar-refractivity contribution in [3.8, 4) is 0 Å². The number of nitrogens with zero attached hydrogens (tertiary/aromatic N) is 3. The van der Waals surface area contributed by atoms with Crippen LogP contribution in [0.2, 0.25) is 0 Å². The molecule has 2 aromatic rings. The molecule has 0 aliphatic carbocycles. The van der Waals surface area contributed by atoms with Gasteiger partial charge >= 0.3 is 5.97 Å². The zero-order chi connectivity index (χ0) is 23.8. The Labute approximate surface area is 201 Å². The Morgan fingerprint density at radius 1 is 1.24 bits per heavy atom. The SMILES string of the molecule is COC(=O)/C=C1/SCC(=O)N1CCCSc1nc2ccccc2c(=O)n1CCCOC(C)C. The second kappa shape index (κ2) is 12.2. The van der Waals surface area contributed by atoms with E-state index >= 15 is 0 Å². The van der Waals surface area contributed by atoms with E-state index in [9.17, 15) is 14.4 Å². The number of para-hydroxylation sites is 1. The van der Waals surface area contributed by atoms with E-state index in [1.165, 1.54) is 36.7 Å². The topological polar surface area (TPSA) is 90.7 Å². The van der Waals surface area contributed by atoms with Crippen LogP contribution in [0.25, 0.3) is 10.9 Å².